The van der Waals surface area contributed by atoms with E-state index in [0.717, 1.165) is 49.7 Å². The highest BCUT2D eigenvalue weighted by atomic mass is 35.5. The first-order chi connectivity index (χ1) is 26.7. The predicted molar refractivity (Wildman–Crippen MR) is 208 cm³/mol. The fraction of sp³-hybridized carbons (Fsp3) is 0.429. The quantitative estimate of drug-likeness (QED) is 0.204. The van der Waals surface area contributed by atoms with E-state index in [1.54, 1.807) is 36.4 Å². The van der Waals surface area contributed by atoms with Crippen molar-refractivity contribution in [2.45, 2.75) is 65.1 Å². The molecule has 4 aliphatic rings. The van der Waals surface area contributed by atoms with Gasteiger partial charge in [-0.2, -0.15) is 5.26 Å². The number of amides is 5. The van der Waals surface area contributed by atoms with Crippen molar-refractivity contribution in [3.8, 4) is 17.6 Å². The number of benzene rings is 3. The minimum atomic E-state index is -1.01. The summed E-state index contributed by atoms with van der Waals surface area (Å²) in [6.45, 7) is 13.0. The number of fused-ring (bicyclic) bond motifs is 1. The number of carbonyl (C=O) groups excluding carboxylic acids is 5. The van der Waals surface area contributed by atoms with Crippen LogP contribution in [-0.2, 0) is 9.59 Å². The van der Waals surface area contributed by atoms with Crippen molar-refractivity contribution in [3.05, 3.63) is 87.9 Å². The van der Waals surface area contributed by atoms with Crippen LogP contribution in [0.1, 0.15) is 83.6 Å². The van der Waals surface area contributed by atoms with Crippen molar-refractivity contribution in [2.75, 3.05) is 44.2 Å². The van der Waals surface area contributed by atoms with Gasteiger partial charge in [-0.25, -0.2) is 0 Å². The smallest absolute Gasteiger partial charge is 0.262 e. The second-order valence-electron chi connectivity index (χ2n) is 16.0. The number of imide groups is 2. The van der Waals surface area contributed by atoms with Gasteiger partial charge >= 0.3 is 0 Å². The zero-order valence-corrected chi connectivity index (χ0v) is 32.7. The largest absolute Gasteiger partial charge is 0.494 e. The minimum absolute atomic E-state index is 0.0682. The molecule has 3 aliphatic heterocycles. The number of ether oxygens (including phenoxy) is 2. The number of halogens is 1. The molecule has 0 radical (unpaired) electrons. The summed E-state index contributed by atoms with van der Waals surface area (Å²) in [5.41, 5.74) is 1.73. The number of hydrogen-bond acceptors (Lipinski definition) is 10. The Bertz CT molecular complexity index is 2110. The Hall–Kier alpha value is -5.45. The van der Waals surface area contributed by atoms with Crippen LogP contribution in [0, 0.1) is 22.2 Å². The average molecular weight is 781 g/mol. The molecule has 1 atom stereocenters. The van der Waals surface area contributed by atoms with Crippen molar-refractivity contribution in [3.63, 3.8) is 0 Å². The van der Waals surface area contributed by atoms with E-state index in [0.29, 0.717) is 34.3 Å². The number of nitriles is 1. The fourth-order valence-corrected chi connectivity index (χ4v) is 9.09. The number of carbonyl (C=O) groups is 5. The van der Waals surface area contributed by atoms with Gasteiger partial charge in [-0.1, -0.05) is 39.3 Å². The fourth-order valence-electron chi connectivity index (χ4n) is 8.88. The van der Waals surface area contributed by atoms with Crippen molar-refractivity contribution in [1.82, 2.24) is 20.4 Å². The van der Waals surface area contributed by atoms with Gasteiger partial charge in [0.2, 0.25) is 11.8 Å². The Labute approximate surface area is 330 Å². The lowest BCUT2D eigenvalue weighted by atomic mass is 9.49. The predicted octanol–water partition coefficient (Wildman–Crippen LogP) is 4.82. The van der Waals surface area contributed by atoms with Crippen LogP contribution in [0.5, 0.6) is 11.5 Å². The molecule has 0 aromatic heterocycles. The molecule has 3 aromatic carbocycles. The Morgan fingerprint density at radius 3 is 2.25 bits per heavy atom. The van der Waals surface area contributed by atoms with Crippen molar-refractivity contribution >= 4 is 46.8 Å². The first-order valence-corrected chi connectivity index (χ1v) is 19.3. The van der Waals surface area contributed by atoms with E-state index in [2.05, 4.69) is 54.2 Å². The second-order valence-corrected chi connectivity index (χ2v) is 16.4. The highest BCUT2D eigenvalue weighted by Gasteiger charge is 2.64. The maximum Gasteiger partial charge on any atom is 0.262 e. The molecule has 14 heteroatoms. The minimum Gasteiger partial charge on any atom is -0.494 e. The molecule has 3 heterocycles. The monoisotopic (exact) mass is 780 g/mol. The van der Waals surface area contributed by atoms with E-state index in [4.69, 9.17) is 21.1 Å². The SMILES string of the molecule is CC1(C)[C@H](NC(=O)c2ccc(N3CCN(CCCOc4ccc5c(c4)C(=O)N(C4CCC(=O)NC4=O)C5=O)CC3)cc2)C(C)(C)[C@H]1Oc1ccc(C#N)c(Cl)c1. The molecule has 2 saturated heterocycles. The topological polar surface area (TPSA) is 161 Å². The maximum absolute atomic E-state index is 13.4. The lowest BCUT2D eigenvalue weighted by Crippen LogP contribution is -2.74. The number of piperazine rings is 1. The number of nitrogens with zero attached hydrogens (tertiary/aromatic N) is 4. The van der Waals surface area contributed by atoms with Gasteiger partial charge in [0.05, 0.1) is 28.3 Å². The van der Waals surface area contributed by atoms with Crippen molar-refractivity contribution in [1.29, 1.82) is 5.26 Å². The molecule has 0 bridgehead atoms. The summed E-state index contributed by atoms with van der Waals surface area (Å²) in [7, 11) is 0. The molecule has 3 fully saturated rings. The first kappa shape index (κ1) is 38.8. The van der Waals surface area contributed by atoms with Gasteiger partial charge in [-0.05, 0) is 67.4 Å². The second kappa shape index (κ2) is 15.2. The molecule has 3 aromatic rings. The molecule has 1 saturated carbocycles. The van der Waals surface area contributed by atoms with Crippen molar-refractivity contribution in [2.24, 2.45) is 10.8 Å². The molecule has 5 amide bonds. The van der Waals surface area contributed by atoms with Gasteiger partial charge in [-0.15, -0.1) is 0 Å². The number of nitrogens with one attached hydrogen (secondary N) is 2. The van der Waals surface area contributed by atoms with Crippen LogP contribution >= 0.6 is 11.6 Å². The zero-order valence-electron chi connectivity index (χ0n) is 31.9. The van der Waals surface area contributed by atoms with E-state index in [9.17, 15) is 29.2 Å². The summed E-state index contributed by atoms with van der Waals surface area (Å²) in [6.07, 6.45) is 0.750. The molecule has 56 heavy (non-hydrogen) atoms. The van der Waals surface area contributed by atoms with E-state index < -0.39 is 29.7 Å². The first-order valence-electron chi connectivity index (χ1n) is 18.9. The summed E-state index contributed by atoms with van der Waals surface area (Å²) < 4.78 is 12.3. The summed E-state index contributed by atoms with van der Waals surface area (Å²) in [5, 5.41) is 15.0. The van der Waals surface area contributed by atoms with E-state index in [-0.39, 0.29) is 52.9 Å². The van der Waals surface area contributed by atoms with Crippen LogP contribution in [-0.4, -0.2) is 96.9 Å². The molecule has 1 unspecified atom stereocenters. The van der Waals surface area contributed by atoms with E-state index >= 15 is 0 Å². The summed E-state index contributed by atoms with van der Waals surface area (Å²) in [5.74, 6) is -1.23. The van der Waals surface area contributed by atoms with Crippen LogP contribution < -0.4 is 25.0 Å². The number of anilines is 1. The Balaban J connectivity index is 0.847. The molecule has 13 nitrogen and oxygen atoms in total. The highest BCUT2D eigenvalue weighted by molar-refractivity contribution is 6.31. The van der Waals surface area contributed by atoms with Crippen molar-refractivity contribution < 1.29 is 33.4 Å². The van der Waals surface area contributed by atoms with Gasteiger partial charge in [0.15, 0.2) is 0 Å². The third-order valence-electron chi connectivity index (χ3n) is 11.6. The van der Waals surface area contributed by atoms with E-state index in [1.165, 1.54) is 0 Å². The number of hydrogen-bond donors (Lipinski definition) is 2. The Morgan fingerprint density at radius 1 is 0.911 bits per heavy atom. The maximum atomic E-state index is 13.4. The normalized spacial score (nSPS) is 22.8. The molecular weight excluding hydrogens is 736 g/mol. The van der Waals surface area contributed by atoms with Crippen LogP contribution in [0.4, 0.5) is 5.69 Å². The molecule has 1 aliphatic carbocycles. The molecule has 292 valence electrons. The summed E-state index contributed by atoms with van der Waals surface area (Å²) in [6, 6.07) is 18.5. The highest BCUT2D eigenvalue weighted by Crippen LogP contribution is 2.55. The molecule has 2 N–H and O–H groups in total. The Kier molecular flexibility index (Phi) is 10.6. The number of rotatable bonds is 11. The van der Waals surface area contributed by atoms with Crippen LogP contribution in [0.15, 0.2) is 60.7 Å². The third-order valence-corrected chi connectivity index (χ3v) is 11.9. The summed E-state index contributed by atoms with van der Waals surface area (Å²) in [4.78, 5) is 69.0. The van der Waals surface area contributed by atoms with E-state index in [1.807, 2.05) is 24.3 Å². The molecular formula is C42H45ClN6O7. The lowest BCUT2D eigenvalue weighted by Gasteiger charge is -2.63. The van der Waals surface area contributed by atoms with Crippen LogP contribution in [0.25, 0.3) is 0 Å². The average Bonchev–Trinajstić information content (AvgIpc) is 3.42. The van der Waals surface area contributed by atoms with Crippen LogP contribution in [0.3, 0.4) is 0 Å². The summed E-state index contributed by atoms with van der Waals surface area (Å²) >= 11 is 6.24. The standard InChI is InChI=1S/C42H45ClN6O7/c1-41(2)39(42(3,4)40(41)56-29-11-8-26(24-44)32(43)23-29)46-35(51)25-6-9-27(10-7-25)48-19-17-47(18-20-48)16-5-21-55-28-12-13-30-31(22-28)38(54)49(37(30)53)33-14-15-34(50)45-36(33)52/h6-13,22-23,33,39-40H,5,14-21H2,1-4H3,(H,46,51)(H,45,50,52)/t33?,39-,40-. The zero-order chi connectivity index (χ0) is 39.9. The van der Waals surface area contributed by atoms with Gasteiger partial charge in [0.25, 0.3) is 17.7 Å². The lowest BCUT2D eigenvalue weighted by molar-refractivity contribution is -0.164. The van der Waals surface area contributed by atoms with Gasteiger partial charge < -0.3 is 19.7 Å². The number of piperidine rings is 1. The Morgan fingerprint density at radius 2 is 1.59 bits per heavy atom. The van der Waals surface area contributed by atoms with Gasteiger partial charge in [0, 0.05) is 73.3 Å². The third kappa shape index (κ3) is 7.31. The molecule has 7 rings (SSSR count). The van der Waals surface area contributed by atoms with Gasteiger partial charge in [-0.3, -0.25) is 39.1 Å². The molecule has 0 spiro atoms. The van der Waals surface area contributed by atoms with Crippen LogP contribution in [0.2, 0.25) is 5.02 Å². The van der Waals surface area contributed by atoms with Gasteiger partial charge in [0.1, 0.15) is 29.7 Å².